The molecule has 0 unspecified atom stereocenters. The molecule has 0 fully saturated rings. The van der Waals surface area contributed by atoms with Gasteiger partial charge in [0.15, 0.2) is 0 Å². The smallest absolute Gasteiger partial charge is 0.239 e. The minimum absolute atomic E-state index is 0.0622. The maximum absolute atomic E-state index is 12.2. The minimum Gasteiger partial charge on any atom is -0.374 e. The zero-order valence-corrected chi connectivity index (χ0v) is 14.2. The van der Waals surface area contributed by atoms with Gasteiger partial charge in [-0.1, -0.05) is 36.4 Å². The Bertz CT molecular complexity index is 714. The molecule has 0 bridgehead atoms. The summed E-state index contributed by atoms with van der Waals surface area (Å²) in [4.78, 5) is 23.4. The molecular weight excluding hydrogens is 302 g/mol. The number of hydrogen-bond donors (Lipinski definition) is 3. The number of carbonyl (C=O) groups is 2. The van der Waals surface area contributed by atoms with Gasteiger partial charge in [0.1, 0.15) is 0 Å². The predicted molar refractivity (Wildman–Crippen MR) is 97.0 cm³/mol. The molecule has 0 aliphatic heterocycles. The number of benzene rings is 2. The van der Waals surface area contributed by atoms with E-state index in [4.69, 9.17) is 0 Å². The van der Waals surface area contributed by atoms with Crippen molar-refractivity contribution in [1.29, 1.82) is 0 Å². The number of carbonyl (C=O) groups excluding carboxylic acids is 2. The van der Waals surface area contributed by atoms with Gasteiger partial charge in [0.2, 0.25) is 11.8 Å². The monoisotopic (exact) mass is 325 g/mol. The number of amides is 2. The van der Waals surface area contributed by atoms with Crippen LogP contribution in [0.4, 0.5) is 11.4 Å². The third-order valence-electron chi connectivity index (χ3n) is 3.60. The van der Waals surface area contributed by atoms with Crippen molar-refractivity contribution in [2.24, 2.45) is 0 Å². The lowest BCUT2D eigenvalue weighted by molar-refractivity contribution is -0.120. The van der Waals surface area contributed by atoms with Crippen molar-refractivity contribution in [2.45, 2.75) is 26.8 Å². The Morgan fingerprint density at radius 3 is 2.42 bits per heavy atom. The van der Waals surface area contributed by atoms with Gasteiger partial charge < -0.3 is 16.0 Å². The molecule has 24 heavy (non-hydrogen) atoms. The fraction of sp³-hybridized carbons (Fsp3) is 0.263. The number of nitrogens with one attached hydrogen (secondary N) is 3. The van der Waals surface area contributed by atoms with Gasteiger partial charge in [-0.05, 0) is 37.1 Å². The highest BCUT2D eigenvalue weighted by Crippen LogP contribution is 2.23. The van der Waals surface area contributed by atoms with Crippen LogP contribution in [-0.2, 0) is 9.59 Å². The van der Waals surface area contributed by atoms with Crippen molar-refractivity contribution < 1.29 is 9.59 Å². The highest BCUT2D eigenvalue weighted by molar-refractivity contribution is 5.93. The van der Waals surface area contributed by atoms with Crippen LogP contribution in [-0.4, -0.2) is 18.4 Å². The summed E-state index contributed by atoms with van der Waals surface area (Å²) < 4.78 is 0. The quantitative estimate of drug-likeness (QED) is 0.763. The summed E-state index contributed by atoms with van der Waals surface area (Å²) in [6.07, 6.45) is 0. The molecule has 2 rings (SSSR count). The Kier molecular flexibility index (Phi) is 5.95. The molecule has 0 saturated carbocycles. The Balaban J connectivity index is 1.96. The van der Waals surface area contributed by atoms with Crippen LogP contribution >= 0.6 is 0 Å². The van der Waals surface area contributed by atoms with Gasteiger partial charge >= 0.3 is 0 Å². The standard InChI is InChI=1S/C19H23N3O2/c1-13-9-10-17(22-15(3)23)18(11-13)20-12-19(24)21-14(2)16-7-5-4-6-8-16/h4-11,14,20H,12H2,1-3H3,(H,21,24)(H,22,23)/t14-/m1/s1. The molecule has 5 nitrogen and oxygen atoms in total. The van der Waals surface area contributed by atoms with E-state index in [0.29, 0.717) is 5.69 Å². The molecule has 2 aromatic carbocycles. The van der Waals surface area contributed by atoms with E-state index >= 15 is 0 Å². The van der Waals surface area contributed by atoms with Crippen LogP contribution in [0.1, 0.15) is 31.0 Å². The highest BCUT2D eigenvalue weighted by atomic mass is 16.2. The average molecular weight is 325 g/mol. The second-order valence-corrected chi connectivity index (χ2v) is 5.78. The van der Waals surface area contributed by atoms with Gasteiger partial charge in [0, 0.05) is 6.92 Å². The van der Waals surface area contributed by atoms with Crippen molar-refractivity contribution in [1.82, 2.24) is 5.32 Å². The summed E-state index contributed by atoms with van der Waals surface area (Å²) in [6.45, 7) is 5.49. The lowest BCUT2D eigenvalue weighted by Crippen LogP contribution is -2.32. The van der Waals surface area contributed by atoms with Crippen molar-refractivity contribution >= 4 is 23.2 Å². The number of aryl methyl sites for hydroxylation is 1. The highest BCUT2D eigenvalue weighted by Gasteiger charge is 2.10. The molecule has 0 aliphatic carbocycles. The van der Waals surface area contributed by atoms with Crippen molar-refractivity contribution in [3.63, 3.8) is 0 Å². The Morgan fingerprint density at radius 1 is 1.04 bits per heavy atom. The lowest BCUT2D eigenvalue weighted by Gasteiger charge is -2.16. The summed E-state index contributed by atoms with van der Waals surface area (Å²) >= 11 is 0. The van der Waals surface area contributed by atoms with E-state index in [2.05, 4.69) is 16.0 Å². The van der Waals surface area contributed by atoms with Crippen molar-refractivity contribution in [2.75, 3.05) is 17.2 Å². The summed E-state index contributed by atoms with van der Waals surface area (Å²) in [5, 5.41) is 8.80. The molecule has 3 N–H and O–H groups in total. The first-order valence-electron chi connectivity index (χ1n) is 7.92. The second kappa shape index (κ2) is 8.15. The van der Waals surface area contributed by atoms with E-state index in [0.717, 1.165) is 16.8 Å². The summed E-state index contributed by atoms with van der Waals surface area (Å²) in [7, 11) is 0. The van der Waals surface area contributed by atoms with E-state index in [-0.39, 0.29) is 24.4 Å². The number of rotatable bonds is 6. The number of anilines is 2. The normalized spacial score (nSPS) is 11.5. The summed E-state index contributed by atoms with van der Waals surface area (Å²) in [5.74, 6) is -0.259. The van der Waals surface area contributed by atoms with Gasteiger partial charge in [-0.15, -0.1) is 0 Å². The van der Waals surface area contributed by atoms with Gasteiger partial charge in [0.05, 0.1) is 24.0 Å². The maximum Gasteiger partial charge on any atom is 0.239 e. The van der Waals surface area contributed by atoms with Gasteiger partial charge in [0.25, 0.3) is 0 Å². The fourth-order valence-electron chi connectivity index (χ4n) is 2.40. The van der Waals surface area contributed by atoms with Crippen LogP contribution in [0, 0.1) is 6.92 Å². The zero-order valence-electron chi connectivity index (χ0n) is 14.2. The molecule has 0 radical (unpaired) electrons. The molecule has 0 aliphatic rings. The third-order valence-corrected chi connectivity index (χ3v) is 3.60. The average Bonchev–Trinajstić information content (AvgIpc) is 2.55. The molecule has 0 saturated heterocycles. The topological polar surface area (TPSA) is 70.2 Å². The van der Waals surface area contributed by atoms with Crippen molar-refractivity contribution in [3.05, 3.63) is 59.7 Å². The fourth-order valence-corrected chi connectivity index (χ4v) is 2.40. The van der Waals surface area contributed by atoms with Crippen molar-refractivity contribution in [3.8, 4) is 0 Å². The Labute approximate surface area is 142 Å². The summed E-state index contributed by atoms with van der Waals surface area (Å²) in [6, 6.07) is 15.4. The second-order valence-electron chi connectivity index (χ2n) is 5.78. The Hall–Kier alpha value is -2.82. The van der Waals surface area contributed by atoms with Gasteiger partial charge in [-0.2, -0.15) is 0 Å². The van der Waals surface area contributed by atoms with Gasteiger partial charge in [-0.25, -0.2) is 0 Å². The first-order valence-corrected chi connectivity index (χ1v) is 7.92. The molecule has 0 heterocycles. The lowest BCUT2D eigenvalue weighted by atomic mass is 10.1. The van der Waals surface area contributed by atoms with Crippen LogP contribution in [0.2, 0.25) is 0 Å². The van der Waals surface area contributed by atoms with E-state index in [1.165, 1.54) is 6.92 Å². The molecule has 0 spiro atoms. The number of hydrogen-bond acceptors (Lipinski definition) is 3. The van der Waals surface area contributed by atoms with Crippen LogP contribution in [0.5, 0.6) is 0 Å². The third kappa shape index (κ3) is 5.12. The van der Waals surface area contributed by atoms with E-state index in [1.807, 2.05) is 62.4 Å². The van der Waals surface area contributed by atoms with Crippen LogP contribution in [0.15, 0.2) is 48.5 Å². The molecule has 0 aromatic heterocycles. The van der Waals surface area contributed by atoms with E-state index < -0.39 is 0 Å². The van der Waals surface area contributed by atoms with E-state index in [1.54, 1.807) is 0 Å². The molecule has 126 valence electrons. The minimum atomic E-state index is -0.149. The predicted octanol–water partition coefficient (Wildman–Crippen LogP) is 3.24. The maximum atomic E-state index is 12.2. The van der Waals surface area contributed by atoms with Crippen LogP contribution in [0.3, 0.4) is 0 Å². The van der Waals surface area contributed by atoms with E-state index in [9.17, 15) is 9.59 Å². The van der Waals surface area contributed by atoms with Gasteiger partial charge in [-0.3, -0.25) is 9.59 Å². The Morgan fingerprint density at radius 2 is 1.75 bits per heavy atom. The molecule has 1 atom stereocenters. The summed E-state index contributed by atoms with van der Waals surface area (Å²) in [5.41, 5.74) is 3.50. The molecule has 2 aromatic rings. The molecular formula is C19H23N3O2. The SMILES string of the molecule is CC(=O)Nc1ccc(C)cc1NCC(=O)N[C@H](C)c1ccccc1. The molecule has 5 heteroatoms. The van der Waals surface area contributed by atoms with Crippen LogP contribution < -0.4 is 16.0 Å². The first-order chi connectivity index (χ1) is 11.5. The zero-order chi connectivity index (χ0) is 17.5. The first kappa shape index (κ1) is 17.5. The largest absolute Gasteiger partial charge is 0.374 e. The molecule has 2 amide bonds. The van der Waals surface area contributed by atoms with Crippen LogP contribution in [0.25, 0.3) is 0 Å².